The lowest BCUT2D eigenvalue weighted by atomic mass is 10.1. The summed E-state index contributed by atoms with van der Waals surface area (Å²) in [4.78, 5) is 12.8. The first-order valence-corrected chi connectivity index (χ1v) is 6.56. The van der Waals surface area contributed by atoms with E-state index in [2.05, 4.69) is 26.9 Å². The standard InChI is InChI=1S/C13H13BrN2O2/c14-11-1-2-12(10(6-11)7-15)16-4-3-9(8-16)5-13(17)18/h1-2,6,9H,3-5,8H2,(H,17,18). The van der Waals surface area contributed by atoms with Gasteiger partial charge in [-0.25, -0.2) is 0 Å². The van der Waals surface area contributed by atoms with E-state index in [0.717, 1.165) is 23.1 Å². The lowest BCUT2D eigenvalue weighted by molar-refractivity contribution is -0.137. The van der Waals surface area contributed by atoms with Gasteiger partial charge >= 0.3 is 5.97 Å². The van der Waals surface area contributed by atoms with Crippen LogP contribution in [0.15, 0.2) is 22.7 Å². The van der Waals surface area contributed by atoms with Crippen LogP contribution in [0.3, 0.4) is 0 Å². The molecule has 1 aromatic carbocycles. The van der Waals surface area contributed by atoms with E-state index in [4.69, 9.17) is 10.4 Å². The monoisotopic (exact) mass is 308 g/mol. The van der Waals surface area contributed by atoms with Crippen LogP contribution in [0.1, 0.15) is 18.4 Å². The molecule has 0 aromatic heterocycles. The fourth-order valence-corrected chi connectivity index (χ4v) is 2.70. The number of carboxylic acids is 1. The van der Waals surface area contributed by atoms with Crippen molar-refractivity contribution in [2.75, 3.05) is 18.0 Å². The van der Waals surface area contributed by atoms with Crippen LogP contribution < -0.4 is 4.90 Å². The molecule has 0 spiro atoms. The largest absolute Gasteiger partial charge is 0.481 e. The zero-order valence-corrected chi connectivity index (χ0v) is 11.4. The van der Waals surface area contributed by atoms with Crippen molar-refractivity contribution in [1.82, 2.24) is 0 Å². The quantitative estimate of drug-likeness (QED) is 0.932. The van der Waals surface area contributed by atoms with Crippen molar-refractivity contribution in [2.45, 2.75) is 12.8 Å². The fourth-order valence-electron chi connectivity index (χ4n) is 2.34. The minimum absolute atomic E-state index is 0.178. The predicted octanol–water partition coefficient (Wildman–Crippen LogP) is 2.62. The van der Waals surface area contributed by atoms with Crippen molar-refractivity contribution in [3.05, 3.63) is 28.2 Å². The van der Waals surface area contributed by atoms with Gasteiger partial charge in [-0.3, -0.25) is 4.79 Å². The van der Waals surface area contributed by atoms with Crippen LogP contribution in [0.4, 0.5) is 5.69 Å². The van der Waals surface area contributed by atoms with Crippen LogP contribution in [0.2, 0.25) is 0 Å². The van der Waals surface area contributed by atoms with Crippen LogP contribution in [0.25, 0.3) is 0 Å². The van der Waals surface area contributed by atoms with Gasteiger partial charge in [0.05, 0.1) is 11.3 Å². The van der Waals surface area contributed by atoms with Gasteiger partial charge in [0, 0.05) is 24.0 Å². The second-order valence-corrected chi connectivity index (χ2v) is 5.39. The average Bonchev–Trinajstić information content (AvgIpc) is 2.76. The molecule has 94 valence electrons. The second-order valence-electron chi connectivity index (χ2n) is 4.47. The van der Waals surface area contributed by atoms with Crippen LogP contribution in [0.5, 0.6) is 0 Å². The van der Waals surface area contributed by atoms with E-state index in [1.54, 1.807) is 6.07 Å². The summed E-state index contributed by atoms with van der Waals surface area (Å²) in [6.45, 7) is 1.52. The predicted molar refractivity (Wildman–Crippen MR) is 71.4 cm³/mol. The first kappa shape index (κ1) is 12.9. The van der Waals surface area contributed by atoms with E-state index in [1.165, 1.54) is 0 Å². The molecule has 1 heterocycles. The molecule has 1 N–H and O–H groups in total. The molecule has 1 saturated heterocycles. The number of rotatable bonds is 3. The zero-order valence-electron chi connectivity index (χ0n) is 9.77. The molecule has 0 aliphatic carbocycles. The molecule has 0 saturated carbocycles. The summed E-state index contributed by atoms with van der Waals surface area (Å²) in [5.41, 5.74) is 1.52. The topological polar surface area (TPSA) is 64.3 Å². The number of carbonyl (C=O) groups is 1. The SMILES string of the molecule is N#Cc1cc(Br)ccc1N1CCC(CC(=O)O)C1. The van der Waals surface area contributed by atoms with Gasteiger partial charge < -0.3 is 10.0 Å². The Kier molecular flexibility index (Phi) is 3.87. The second kappa shape index (κ2) is 5.40. The Morgan fingerprint density at radius 1 is 1.61 bits per heavy atom. The molecule has 0 bridgehead atoms. The number of nitrogens with zero attached hydrogens (tertiary/aromatic N) is 2. The molecule has 4 nitrogen and oxygen atoms in total. The summed E-state index contributed by atoms with van der Waals surface area (Å²) >= 11 is 3.34. The first-order valence-electron chi connectivity index (χ1n) is 5.76. The Labute approximate surface area is 114 Å². The molecule has 1 fully saturated rings. The number of nitriles is 1. The molecule has 1 atom stereocenters. The number of carboxylic acid groups (broad SMARTS) is 1. The molecule has 18 heavy (non-hydrogen) atoms. The van der Waals surface area contributed by atoms with E-state index >= 15 is 0 Å². The van der Waals surface area contributed by atoms with E-state index in [-0.39, 0.29) is 12.3 Å². The minimum Gasteiger partial charge on any atom is -0.481 e. The maximum Gasteiger partial charge on any atom is 0.303 e. The summed E-state index contributed by atoms with van der Waals surface area (Å²) in [7, 11) is 0. The lowest BCUT2D eigenvalue weighted by Gasteiger charge is -2.19. The Balaban J connectivity index is 2.14. The van der Waals surface area contributed by atoms with Crippen molar-refractivity contribution < 1.29 is 9.90 Å². The molecular weight excluding hydrogens is 296 g/mol. The molecule has 5 heteroatoms. The molecule has 0 radical (unpaired) electrons. The summed E-state index contributed by atoms with van der Waals surface area (Å²) in [5, 5.41) is 17.9. The van der Waals surface area contributed by atoms with E-state index in [9.17, 15) is 4.79 Å². The average molecular weight is 309 g/mol. The van der Waals surface area contributed by atoms with Gasteiger partial charge in [0.15, 0.2) is 0 Å². The Morgan fingerprint density at radius 3 is 3.06 bits per heavy atom. The number of halogens is 1. The highest BCUT2D eigenvalue weighted by Gasteiger charge is 2.25. The number of benzene rings is 1. The van der Waals surface area contributed by atoms with E-state index in [0.29, 0.717) is 12.1 Å². The van der Waals surface area contributed by atoms with E-state index in [1.807, 2.05) is 12.1 Å². The van der Waals surface area contributed by atoms with Crippen LogP contribution >= 0.6 is 15.9 Å². The first-order chi connectivity index (χ1) is 8.60. The lowest BCUT2D eigenvalue weighted by Crippen LogP contribution is -2.21. The molecule has 1 aromatic rings. The van der Waals surface area contributed by atoms with Crippen molar-refractivity contribution >= 4 is 27.6 Å². The van der Waals surface area contributed by atoms with Gasteiger partial charge in [0.2, 0.25) is 0 Å². The smallest absolute Gasteiger partial charge is 0.303 e. The highest BCUT2D eigenvalue weighted by atomic mass is 79.9. The maximum absolute atomic E-state index is 10.7. The highest BCUT2D eigenvalue weighted by Crippen LogP contribution is 2.29. The van der Waals surface area contributed by atoms with Gasteiger partial charge in [-0.2, -0.15) is 5.26 Å². The summed E-state index contributed by atoms with van der Waals surface area (Å²) in [6.07, 6.45) is 1.07. The summed E-state index contributed by atoms with van der Waals surface area (Å²) < 4.78 is 0.879. The van der Waals surface area contributed by atoms with Gasteiger partial charge in [-0.05, 0) is 30.5 Å². The van der Waals surface area contributed by atoms with Gasteiger partial charge in [0.1, 0.15) is 6.07 Å². The number of hydrogen-bond donors (Lipinski definition) is 1. The van der Waals surface area contributed by atoms with Crippen molar-refractivity contribution in [2.24, 2.45) is 5.92 Å². The Morgan fingerprint density at radius 2 is 2.39 bits per heavy atom. The third-order valence-electron chi connectivity index (χ3n) is 3.17. The highest BCUT2D eigenvalue weighted by molar-refractivity contribution is 9.10. The summed E-state index contributed by atoms with van der Waals surface area (Å²) in [6, 6.07) is 7.78. The molecular formula is C13H13BrN2O2. The molecule has 0 amide bonds. The molecule has 1 aliphatic rings. The zero-order chi connectivity index (χ0) is 13.1. The van der Waals surface area contributed by atoms with Crippen molar-refractivity contribution in [3.8, 4) is 6.07 Å². The summed E-state index contributed by atoms with van der Waals surface area (Å²) in [5.74, 6) is -0.573. The number of hydrogen-bond acceptors (Lipinski definition) is 3. The van der Waals surface area contributed by atoms with Crippen LogP contribution in [-0.2, 0) is 4.79 Å². The van der Waals surface area contributed by atoms with Crippen LogP contribution in [-0.4, -0.2) is 24.2 Å². The van der Waals surface area contributed by atoms with Gasteiger partial charge in [0.25, 0.3) is 0 Å². The minimum atomic E-state index is -0.752. The molecule has 2 rings (SSSR count). The van der Waals surface area contributed by atoms with Crippen molar-refractivity contribution in [1.29, 1.82) is 5.26 Å². The number of aliphatic carboxylic acids is 1. The third-order valence-corrected chi connectivity index (χ3v) is 3.66. The Hall–Kier alpha value is -1.54. The van der Waals surface area contributed by atoms with Gasteiger partial charge in [-0.1, -0.05) is 15.9 Å². The fraction of sp³-hybridized carbons (Fsp3) is 0.385. The van der Waals surface area contributed by atoms with Gasteiger partial charge in [-0.15, -0.1) is 0 Å². The maximum atomic E-state index is 10.7. The van der Waals surface area contributed by atoms with Crippen molar-refractivity contribution in [3.63, 3.8) is 0 Å². The Bertz CT molecular complexity index is 510. The van der Waals surface area contributed by atoms with E-state index < -0.39 is 5.97 Å². The van der Waals surface area contributed by atoms with Crippen LogP contribution in [0, 0.1) is 17.2 Å². The normalized spacial score (nSPS) is 18.7. The molecule has 1 aliphatic heterocycles. The third kappa shape index (κ3) is 2.82. The molecule has 1 unspecified atom stereocenters. The number of anilines is 1.